The van der Waals surface area contributed by atoms with Gasteiger partial charge in [-0.15, -0.1) is 0 Å². The van der Waals surface area contributed by atoms with E-state index in [-0.39, 0.29) is 0 Å². The predicted molar refractivity (Wildman–Crippen MR) is 60.8 cm³/mol. The van der Waals surface area contributed by atoms with Crippen LogP contribution in [0, 0.1) is 0 Å². The summed E-state index contributed by atoms with van der Waals surface area (Å²) < 4.78 is 0. The summed E-state index contributed by atoms with van der Waals surface area (Å²) in [5.41, 5.74) is 2.41. The summed E-state index contributed by atoms with van der Waals surface area (Å²) in [6, 6.07) is 5.98. The lowest BCUT2D eigenvalue weighted by molar-refractivity contribution is 0.464. The fourth-order valence-corrected chi connectivity index (χ4v) is 1.60. The van der Waals surface area contributed by atoms with Gasteiger partial charge in [-0.2, -0.15) is 0 Å². The standard InChI is InChI=1S/C13H20O/c1-4-5-6-11-7-8-13(14)12(9-11)10(2)3/h7-10,14H,4-6H2,1-3H3. The van der Waals surface area contributed by atoms with Gasteiger partial charge in [-0.25, -0.2) is 0 Å². The minimum absolute atomic E-state index is 0.400. The van der Waals surface area contributed by atoms with Crippen molar-refractivity contribution in [1.29, 1.82) is 0 Å². The number of rotatable bonds is 4. The molecule has 1 aromatic rings. The van der Waals surface area contributed by atoms with E-state index >= 15 is 0 Å². The van der Waals surface area contributed by atoms with E-state index < -0.39 is 0 Å². The summed E-state index contributed by atoms with van der Waals surface area (Å²) in [5, 5.41) is 9.63. The Morgan fingerprint density at radius 2 is 2.00 bits per heavy atom. The van der Waals surface area contributed by atoms with Crippen LogP contribution in [0.2, 0.25) is 0 Å². The van der Waals surface area contributed by atoms with Crippen molar-refractivity contribution in [3.05, 3.63) is 29.3 Å². The van der Waals surface area contributed by atoms with E-state index in [4.69, 9.17) is 0 Å². The second-order valence-corrected chi connectivity index (χ2v) is 4.15. The Morgan fingerprint density at radius 1 is 1.29 bits per heavy atom. The van der Waals surface area contributed by atoms with Crippen LogP contribution in [-0.2, 0) is 6.42 Å². The molecule has 0 amide bonds. The number of unbranched alkanes of at least 4 members (excludes halogenated alkanes) is 1. The molecule has 78 valence electrons. The van der Waals surface area contributed by atoms with E-state index in [1.807, 2.05) is 12.1 Å². The van der Waals surface area contributed by atoms with E-state index in [9.17, 15) is 5.11 Å². The lowest BCUT2D eigenvalue weighted by atomic mass is 9.97. The predicted octanol–water partition coefficient (Wildman–Crippen LogP) is 3.86. The Balaban J connectivity index is 2.83. The molecule has 0 aromatic heterocycles. The average Bonchev–Trinajstić information content (AvgIpc) is 2.16. The third kappa shape index (κ3) is 2.76. The molecule has 0 fully saturated rings. The molecular weight excluding hydrogens is 172 g/mol. The number of hydrogen-bond donors (Lipinski definition) is 1. The maximum Gasteiger partial charge on any atom is 0.119 e. The topological polar surface area (TPSA) is 20.2 Å². The summed E-state index contributed by atoms with van der Waals surface area (Å²) in [5.74, 6) is 0.830. The van der Waals surface area contributed by atoms with E-state index in [0.717, 1.165) is 12.0 Å². The van der Waals surface area contributed by atoms with E-state index in [1.165, 1.54) is 18.4 Å². The number of phenols is 1. The van der Waals surface area contributed by atoms with Crippen LogP contribution >= 0.6 is 0 Å². The van der Waals surface area contributed by atoms with Crippen molar-refractivity contribution in [2.24, 2.45) is 0 Å². The Kier molecular flexibility index (Phi) is 3.99. The molecule has 14 heavy (non-hydrogen) atoms. The van der Waals surface area contributed by atoms with Crippen LogP contribution in [0.3, 0.4) is 0 Å². The third-order valence-corrected chi connectivity index (χ3v) is 2.53. The lowest BCUT2D eigenvalue weighted by Gasteiger charge is -2.10. The van der Waals surface area contributed by atoms with Gasteiger partial charge in [0.2, 0.25) is 0 Å². The fraction of sp³-hybridized carbons (Fsp3) is 0.538. The first-order chi connectivity index (χ1) is 6.65. The molecule has 0 bridgehead atoms. The number of hydrogen-bond acceptors (Lipinski definition) is 1. The Hall–Kier alpha value is -0.980. The van der Waals surface area contributed by atoms with Crippen LogP contribution < -0.4 is 0 Å². The van der Waals surface area contributed by atoms with Crippen molar-refractivity contribution in [2.75, 3.05) is 0 Å². The first kappa shape index (κ1) is 11.1. The molecule has 0 unspecified atom stereocenters. The number of phenolic OH excluding ortho intramolecular Hbond substituents is 1. The minimum atomic E-state index is 0.400. The Morgan fingerprint density at radius 3 is 2.57 bits per heavy atom. The molecular formula is C13H20O. The molecule has 1 nitrogen and oxygen atoms in total. The SMILES string of the molecule is CCCCc1ccc(O)c(C(C)C)c1. The van der Waals surface area contributed by atoms with E-state index in [2.05, 4.69) is 26.8 Å². The van der Waals surface area contributed by atoms with Crippen LogP contribution in [0.25, 0.3) is 0 Å². The van der Waals surface area contributed by atoms with Crippen molar-refractivity contribution in [1.82, 2.24) is 0 Å². The molecule has 1 N–H and O–H groups in total. The minimum Gasteiger partial charge on any atom is -0.508 e. The molecule has 0 saturated heterocycles. The van der Waals surface area contributed by atoms with Gasteiger partial charge in [-0.3, -0.25) is 0 Å². The maximum atomic E-state index is 9.63. The van der Waals surface area contributed by atoms with Gasteiger partial charge >= 0.3 is 0 Å². The van der Waals surface area contributed by atoms with Crippen molar-refractivity contribution < 1.29 is 5.11 Å². The molecule has 1 rings (SSSR count). The normalized spacial score (nSPS) is 10.9. The summed E-state index contributed by atoms with van der Waals surface area (Å²) in [6.07, 6.45) is 3.57. The van der Waals surface area contributed by atoms with Gasteiger partial charge in [0.05, 0.1) is 0 Å². The van der Waals surface area contributed by atoms with Gasteiger partial charge in [0.1, 0.15) is 5.75 Å². The zero-order valence-corrected chi connectivity index (χ0v) is 9.38. The lowest BCUT2D eigenvalue weighted by Crippen LogP contribution is -1.92. The summed E-state index contributed by atoms with van der Waals surface area (Å²) in [6.45, 7) is 6.42. The van der Waals surface area contributed by atoms with Gasteiger partial charge < -0.3 is 5.11 Å². The van der Waals surface area contributed by atoms with Gasteiger partial charge in [-0.1, -0.05) is 39.3 Å². The first-order valence-corrected chi connectivity index (χ1v) is 5.47. The van der Waals surface area contributed by atoms with Crippen molar-refractivity contribution >= 4 is 0 Å². The van der Waals surface area contributed by atoms with Gasteiger partial charge in [0, 0.05) is 0 Å². The molecule has 0 heterocycles. The molecule has 1 aromatic carbocycles. The van der Waals surface area contributed by atoms with Crippen molar-refractivity contribution in [2.45, 2.75) is 46.0 Å². The Labute approximate surface area is 86.8 Å². The number of aryl methyl sites for hydroxylation is 1. The highest BCUT2D eigenvalue weighted by atomic mass is 16.3. The Bertz CT molecular complexity index is 289. The smallest absolute Gasteiger partial charge is 0.119 e. The molecule has 0 saturated carbocycles. The number of benzene rings is 1. The van der Waals surface area contributed by atoms with Crippen LogP contribution in [0.5, 0.6) is 5.75 Å². The van der Waals surface area contributed by atoms with Crippen LogP contribution in [0.1, 0.15) is 50.7 Å². The molecule has 0 atom stereocenters. The first-order valence-electron chi connectivity index (χ1n) is 5.47. The summed E-state index contributed by atoms with van der Waals surface area (Å²) in [7, 11) is 0. The molecule has 0 aliphatic heterocycles. The molecule has 0 radical (unpaired) electrons. The zero-order chi connectivity index (χ0) is 10.6. The van der Waals surface area contributed by atoms with E-state index in [0.29, 0.717) is 11.7 Å². The van der Waals surface area contributed by atoms with Crippen molar-refractivity contribution in [3.8, 4) is 5.75 Å². The largest absolute Gasteiger partial charge is 0.508 e. The molecule has 0 spiro atoms. The van der Waals surface area contributed by atoms with Gasteiger partial charge in [0.25, 0.3) is 0 Å². The highest BCUT2D eigenvalue weighted by Gasteiger charge is 2.06. The second-order valence-electron chi connectivity index (χ2n) is 4.15. The van der Waals surface area contributed by atoms with E-state index in [1.54, 1.807) is 0 Å². The zero-order valence-electron chi connectivity index (χ0n) is 9.38. The van der Waals surface area contributed by atoms with Gasteiger partial charge in [-0.05, 0) is 36.0 Å². The highest BCUT2D eigenvalue weighted by molar-refractivity contribution is 5.38. The fourth-order valence-electron chi connectivity index (χ4n) is 1.60. The third-order valence-electron chi connectivity index (χ3n) is 2.53. The maximum absolute atomic E-state index is 9.63. The summed E-state index contributed by atoms with van der Waals surface area (Å²) >= 11 is 0. The quantitative estimate of drug-likeness (QED) is 0.768. The average molecular weight is 192 g/mol. The second kappa shape index (κ2) is 5.04. The number of aromatic hydroxyl groups is 1. The van der Waals surface area contributed by atoms with Crippen molar-refractivity contribution in [3.63, 3.8) is 0 Å². The monoisotopic (exact) mass is 192 g/mol. The molecule has 1 heteroatoms. The van der Waals surface area contributed by atoms with Crippen LogP contribution in [0.4, 0.5) is 0 Å². The van der Waals surface area contributed by atoms with Crippen LogP contribution in [-0.4, -0.2) is 5.11 Å². The van der Waals surface area contributed by atoms with Gasteiger partial charge in [0.15, 0.2) is 0 Å². The summed E-state index contributed by atoms with van der Waals surface area (Å²) in [4.78, 5) is 0. The van der Waals surface area contributed by atoms with Crippen LogP contribution in [0.15, 0.2) is 18.2 Å². The highest BCUT2D eigenvalue weighted by Crippen LogP contribution is 2.26. The molecule has 0 aliphatic rings. The molecule has 0 aliphatic carbocycles.